The molecule has 3 N–H and O–H groups in total. The molecule has 112 valence electrons. The molecule has 0 saturated heterocycles. The number of hydrogen-bond acceptors (Lipinski definition) is 4. The van der Waals surface area contributed by atoms with Crippen LogP contribution in [-0.4, -0.2) is 13.4 Å². The Balaban J connectivity index is 2.54. The minimum absolute atomic E-state index is 0.0289. The average Bonchev–Trinajstić information content (AvgIpc) is 2.32. The highest BCUT2D eigenvalue weighted by Crippen LogP contribution is 2.34. The van der Waals surface area contributed by atoms with Gasteiger partial charge in [0.25, 0.3) is 10.0 Å². The Kier molecular flexibility index (Phi) is 4.53. The predicted molar refractivity (Wildman–Crippen MR) is 85.7 cm³/mol. The number of nitrogen functional groups attached to an aromatic ring is 1. The van der Waals surface area contributed by atoms with Crippen LogP contribution >= 0.6 is 34.8 Å². The van der Waals surface area contributed by atoms with E-state index < -0.39 is 10.0 Å². The minimum Gasteiger partial charge on any atom is -0.399 e. The first-order valence-electron chi connectivity index (χ1n) is 5.61. The van der Waals surface area contributed by atoms with Crippen LogP contribution < -0.4 is 10.5 Å². The zero-order valence-corrected chi connectivity index (χ0v) is 13.8. The van der Waals surface area contributed by atoms with Gasteiger partial charge >= 0.3 is 0 Å². The van der Waals surface area contributed by atoms with E-state index in [1.807, 2.05) is 0 Å². The van der Waals surface area contributed by atoms with Crippen molar-refractivity contribution in [1.29, 1.82) is 0 Å². The van der Waals surface area contributed by atoms with Gasteiger partial charge in [-0.15, -0.1) is 0 Å². The van der Waals surface area contributed by atoms with E-state index in [9.17, 15) is 8.42 Å². The molecule has 0 aliphatic rings. The van der Waals surface area contributed by atoms with E-state index in [1.165, 1.54) is 18.3 Å². The fraction of sp³-hybridized carbons (Fsp3) is 0.0833. The molecule has 0 aliphatic carbocycles. The van der Waals surface area contributed by atoms with Crippen LogP contribution in [0.25, 0.3) is 0 Å². The number of nitrogens with one attached hydrogen (secondary N) is 1. The molecule has 0 atom stereocenters. The topological polar surface area (TPSA) is 85.1 Å². The number of rotatable bonds is 3. The quantitative estimate of drug-likeness (QED) is 0.640. The first kappa shape index (κ1) is 16.2. The van der Waals surface area contributed by atoms with Gasteiger partial charge in [-0.25, -0.2) is 13.4 Å². The molecule has 0 unspecified atom stereocenters. The maximum absolute atomic E-state index is 12.5. The summed E-state index contributed by atoms with van der Waals surface area (Å²) in [5.41, 5.74) is 6.60. The van der Waals surface area contributed by atoms with E-state index in [1.54, 1.807) is 13.0 Å². The van der Waals surface area contributed by atoms with E-state index in [4.69, 9.17) is 40.5 Å². The molecule has 1 aromatic heterocycles. The summed E-state index contributed by atoms with van der Waals surface area (Å²) < 4.78 is 27.2. The van der Waals surface area contributed by atoms with E-state index in [0.29, 0.717) is 5.56 Å². The first-order chi connectivity index (χ1) is 9.72. The Bertz CT molecular complexity index is 766. The van der Waals surface area contributed by atoms with Crippen LogP contribution in [0.3, 0.4) is 0 Å². The van der Waals surface area contributed by atoms with Crippen molar-refractivity contribution in [3.8, 4) is 0 Å². The highest BCUT2D eigenvalue weighted by molar-refractivity contribution is 7.93. The highest BCUT2D eigenvalue weighted by Gasteiger charge is 2.24. The number of benzene rings is 1. The number of nitrogens with two attached hydrogens (primary N) is 1. The molecule has 2 aromatic rings. The number of hydrogen-bond donors (Lipinski definition) is 2. The third-order valence-electron chi connectivity index (χ3n) is 2.64. The SMILES string of the molecule is Cc1ccnc(Cl)c1NS(=O)(=O)c1c(Cl)cc(N)cc1Cl. The summed E-state index contributed by atoms with van der Waals surface area (Å²) in [5.74, 6) is 0. The molecule has 0 fully saturated rings. The van der Waals surface area contributed by atoms with E-state index in [2.05, 4.69) is 9.71 Å². The zero-order valence-electron chi connectivity index (χ0n) is 10.7. The molecule has 21 heavy (non-hydrogen) atoms. The van der Waals surface area contributed by atoms with Crippen LogP contribution in [0.2, 0.25) is 15.2 Å². The van der Waals surface area contributed by atoms with Crippen LogP contribution in [0.15, 0.2) is 29.3 Å². The number of aromatic nitrogens is 1. The Morgan fingerprint density at radius 3 is 2.29 bits per heavy atom. The molecule has 1 heterocycles. The normalized spacial score (nSPS) is 11.4. The summed E-state index contributed by atoms with van der Waals surface area (Å²) in [7, 11) is -4.03. The Morgan fingerprint density at radius 1 is 1.19 bits per heavy atom. The van der Waals surface area contributed by atoms with E-state index in [-0.39, 0.29) is 31.5 Å². The lowest BCUT2D eigenvalue weighted by Crippen LogP contribution is -2.15. The van der Waals surface area contributed by atoms with E-state index in [0.717, 1.165) is 0 Å². The van der Waals surface area contributed by atoms with Crippen molar-refractivity contribution in [2.45, 2.75) is 11.8 Å². The van der Waals surface area contributed by atoms with Crippen molar-refractivity contribution in [1.82, 2.24) is 4.98 Å². The molecule has 0 spiro atoms. The number of pyridine rings is 1. The molecule has 1 aromatic carbocycles. The van der Waals surface area contributed by atoms with Gasteiger partial charge in [0.15, 0.2) is 5.15 Å². The summed E-state index contributed by atoms with van der Waals surface area (Å²) in [4.78, 5) is 3.56. The molecule has 0 saturated carbocycles. The zero-order chi connectivity index (χ0) is 15.8. The van der Waals surface area contributed by atoms with Crippen molar-refractivity contribution in [3.63, 3.8) is 0 Å². The minimum atomic E-state index is -4.03. The Hall–Kier alpha value is -1.21. The van der Waals surface area contributed by atoms with Crippen LogP contribution in [0.4, 0.5) is 11.4 Å². The molecule has 0 bridgehead atoms. The van der Waals surface area contributed by atoms with Crippen LogP contribution in [-0.2, 0) is 10.0 Å². The number of anilines is 2. The van der Waals surface area contributed by atoms with Gasteiger partial charge in [-0.2, -0.15) is 0 Å². The second-order valence-electron chi connectivity index (χ2n) is 4.21. The number of halogens is 3. The molecule has 9 heteroatoms. The summed E-state index contributed by atoms with van der Waals surface area (Å²) in [6, 6.07) is 4.23. The fourth-order valence-electron chi connectivity index (χ4n) is 1.67. The summed E-state index contributed by atoms with van der Waals surface area (Å²) in [6.45, 7) is 1.69. The largest absolute Gasteiger partial charge is 0.399 e. The lowest BCUT2D eigenvalue weighted by molar-refractivity contribution is 0.601. The maximum Gasteiger partial charge on any atom is 0.264 e. The highest BCUT2D eigenvalue weighted by atomic mass is 35.5. The predicted octanol–water partition coefficient (Wildman–Crippen LogP) is 3.73. The second-order valence-corrected chi connectivity index (χ2v) is 7.00. The molecule has 0 amide bonds. The third-order valence-corrected chi connectivity index (χ3v) is 5.20. The Labute approximate surface area is 137 Å². The van der Waals surface area contributed by atoms with Crippen molar-refractivity contribution >= 4 is 56.2 Å². The van der Waals surface area contributed by atoms with Crippen molar-refractivity contribution in [3.05, 3.63) is 45.2 Å². The van der Waals surface area contributed by atoms with Crippen LogP contribution in [0.1, 0.15) is 5.56 Å². The van der Waals surface area contributed by atoms with Crippen LogP contribution in [0, 0.1) is 6.92 Å². The van der Waals surface area contributed by atoms with Gasteiger partial charge in [0.1, 0.15) is 4.90 Å². The molecular formula is C12H10Cl3N3O2S. The van der Waals surface area contributed by atoms with Gasteiger partial charge in [-0.3, -0.25) is 4.72 Å². The second kappa shape index (κ2) is 5.88. The van der Waals surface area contributed by atoms with Crippen molar-refractivity contribution in [2.75, 3.05) is 10.5 Å². The van der Waals surface area contributed by atoms with Gasteiger partial charge in [0.05, 0.1) is 15.7 Å². The lowest BCUT2D eigenvalue weighted by atomic mass is 10.3. The summed E-state index contributed by atoms with van der Waals surface area (Å²) >= 11 is 17.8. The number of nitrogens with zero attached hydrogens (tertiary/aromatic N) is 1. The lowest BCUT2D eigenvalue weighted by Gasteiger charge is -2.14. The van der Waals surface area contributed by atoms with Gasteiger partial charge in [-0.05, 0) is 30.7 Å². The fourth-order valence-corrected chi connectivity index (χ4v) is 4.35. The molecule has 0 aliphatic heterocycles. The molecule has 5 nitrogen and oxygen atoms in total. The monoisotopic (exact) mass is 365 g/mol. The van der Waals surface area contributed by atoms with E-state index >= 15 is 0 Å². The van der Waals surface area contributed by atoms with Gasteiger partial charge < -0.3 is 5.73 Å². The van der Waals surface area contributed by atoms with Gasteiger partial charge in [-0.1, -0.05) is 34.8 Å². The Morgan fingerprint density at radius 2 is 1.76 bits per heavy atom. The maximum atomic E-state index is 12.5. The molecular weight excluding hydrogens is 357 g/mol. The first-order valence-corrected chi connectivity index (χ1v) is 8.22. The third kappa shape index (κ3) is 3.35. The smallest absolute Gasteiger partial charge is 0.264 e. The van der Waals surface area contributed by atoms with Gasteiger partial charge in [0.2, 0.25) is 0 Å². The van der Waals surface area contributed by atoms with Crippen LogP contribution in [0.5, 0.6) is 0 Å². The number of sulfonamides is 1. The van der Waals surface area contributed by atoms with Crippen molar-refractivity contribution in [2.24, 2.45) is 0 Å². The molecule has 0 radical (unpaired) electrons. The molecule has 2 rings (SSSR count). The summed E-state index contributed by atoms with van der Waals surface area (Å²) in [5, 5.41) is -0.128. The van der Waals surface area contributed by atoms with Gasteiger partial charge in [0, 0.05) is 11.9 Å². The van der Waals surface area contributed by atoms with Crippen molar-refractivity contribution < 1.29 is 8.42 Å². The number of aryl methyl sites for hydroxylation is 1. The standard InChI is InChI=1S/C12H10Cl3N3O2S/c1-6-2-3-17-12(15)10(6)18-21(19,20)11-8(13)4-7(16)5-9(11)14/h2-5,18H,16H2,1H3. The summed E-state index contributed by atoms with van der Waals surface area (Å²) in [6.07, 6.45) is 1.47. The average molecular weight is 367 g/mol.